The summed E-state index contributed by atoms with van der Waals surface area (Å²) >= 11 is 1.61. The Morgan fingerprint density at radius 3 is 2.75 bits per heavy atom. The lowest BCUT2D eigenvalue weighted by molar-refractivity contribution is -0.131. The zero-order valence-electron chi connectivity index (χ0n) is 18.1. The molecule has 0 aliphatic carbocycles. The van der Waals surface area contributed by atoms with Crippen LogP contribution in [0.25, 0.3) is 0 Å². The number of ether oxygens (including phenoxy) is 2. The second-order valence-corrected chi connectivity index (χ2v) is 9.07. The fraction of sp³-hybridized carbons (Fsp3) is 0.375. The second kappa shape index (κ2) is 9.26. The van der Waals surface area contributed by atoms with E-state index < -0.39 is 0 Å². The Bertz CT molecular complexity index is 1100. The molecule has 0 spiro atoms. The Balaban J connectivity index is 1.46. The normalized spacial score (nSPS) is 16.0. The molecule has 2 aliphatic heterocycles. The molecule has 166 valence electrons. The SMILES string of the molecule is Cc1ccccc1Oc1nc(N2CCOCC2)nc2c1CN(C(=O)Cc1cccs1)CC2. The Morgan fingerprint density at radius 1 is 1.12 bits per heavy atom. The molecular formula is C24H26N4O3S. The minimum absolute atomic E-state index is 0.122. The van der Waals surface area contributed by atoms with Gasteiger partial charge in [-0.1, -0.05) is 24.3 Å². The largest absolute Gasteiger partial charge is 0.438 e. The number of aryl methyl sites for hydroxylation is 1. The van der Waals surface area contributed by atoms with Crippen LogP contribution >= 0.6 is 11.3 Å². The first-order valence-corrected chi connectivity index (χ1v) is 11.8. The lowest BCUT2D eigenvalue weighted by atomic mass is 10.1. The van der Waals surface area contributed by atoms with E-state index in [1.54, 1.807) is 11.3 Å². The van der Waals surface area contributed by atoms with E-state index in [9.17, 15) is 4.79 Å². The number of hydrogen-bond acceptors (Lipinski definition) is 7. The van der Waals surface area contributed by atoms with Gasteiger partial charge < -0.3 is 19.3 Å². The molecule has 5 rings (SSSR count). The third-order valence-electron chi connectivity index (χ3n) is 5.86. The molecular weight excluding hydrogens is 424 g/mol. The summed E-state index contributed by atoms with van der Waals surface area (Å²) in [7, 11) is 0. The number of morpholine rings is 1. The summed E-state index contributed by atoms with van der Waals surface area (Å²) in [6.07, 6.45) is 1.11. The Kier molecular flexibility index (Phi) is 6.05. The van der Waals surface area contributed by atoms with Crippen molar-refractivity contribution in [2.75, 3.05) is 37.7 Å². The number of amides is 1. The zero-order chi connectivity index (χ0) is 21.9. The van der Waals surface area contributed by atoms with E-state index in [1.165, 1.54) is 0 Å². The predicted octanol–water partition coefficient (Wildman–Crippen LogP) is 3.60. The van der Waals surface area contributed by atoms with Crippen molar-refractivity contribution < 1.29 is 14.3 Å². The molecule has 8 heteroatoms. The Labute approximate surface area is 191 Å². The first kappa shape index (κ1) is 20.9. The van der Waals surface area contributed by atoms with Crippen molar-refractivity contribution in [3.8, 4) is 11.6 Å². The molecule has 0 N–H and O–H groups in total. The van der Waals surface area contributed by atoms with Gasteiger partial charge in [-0.25, -0.2) is 4.98 Å². The highest BCUT2D eigenvalue weighted by Crippen LogP contribution is 2.33. The third-order valence-corrected chi connectivity index (χ3v) is 6.74. The van der Waals surface area contributed by atoms with Gasteiger partial charge in [0.05, 0.1) is 37.4 Å². The van der Waals surface area contributed by atoms with Crippen LogP contribution in [-0.2, 0) is 28.9 Å². The highest BCUT2D eigenvalue weighted by molar-refractivity contribution is 7.10. The number of para-hydroxylation sites is 1. The topological polar surface area (TPSA) is 67.8 Å². The molecule has 0 bridgehead atoms. The molecule has 7 nitrogen and oxygen atoms in total. The maximum Gasteiger partial charge on any atom is 0.229 e. The molecule has 3 aromatic rings. The number of anilines is 1. The van der Waals surface area contributed by atoms with Gasteiger partial charge in [0.2, 0.25) is 17.7 Å². The number of rotatable bonds is 5. The van der Waals surface area contributed by atoms with Gasteiger partial charge in [-0.05, 0) is 30.0 Å². The monoisotopic (exact) mass is 450 g/mol. The number of nitrogens with zero attached hydrogens (tertiary/aromatic N) is 4. The van der Waals surface area contributed by atoms with Crippen molar-refractivity contribution in [2.24, 2.45) is 0 Å². The van der Waals surface area contributed by atoms with Crippen LogP contribution in [-0.4, -0.2) is 53.6 Å². The van der Waals surface area contributed by atoms with Gasteiger partial charge >= 0.3 is 0 Å². The molecule has 32 heavy (non-hydrogen) atoms. The molecule has 0 atom stereocenters. The van der Waals surface area contributed by atoms with E-state index in [0.29, 0.717) is 51.0 Å². The summed E-state index contributed by atoms with van der Waals surface area (Å²) in [5.41, 5.74) is 2.90. The maximum absolute atomic E-state index is 12.9. The minimum Gasteiger partial charge on any atom is -0.438 e. The molecule has 0 radical (unpaired) electrons. The Morgan fingerprint density at radius 2 is 1.97 bits per heavy atom. The summed E-state index contributed by atoms with van der Waals surface area (Å²) in [6, 6.07) is 11.9. The van der Waals surface area contributed by atoms with Crippen molar-refractivity contribution >= 4 is 23.2 Å². The summed E-state index contributed by atoms with van der Waals surface area (Å²) < 4.78 is 11.8. The number of hydrogen-bond donors (Lipinski definition) is 0. The van der Waals surface area contributed by atoms with E-state index in [1.807, 2.05) is 53.6 Å². The van der Waals surface area contributed by atoms with Crippen LogP contribution < -0.4 is 9.64 Å². The molecule has 0 unspecified atom stereocenters. The van der Waals surface area contributed by atoms with Crippen molar-refractivity contribution in [1.82, 2.24) is 14.9 Å². The van der Waals surface area contributed by atoms with E-state index in [0.717, 1.165) is 40.5 Å². The lowest BCUT2D eigenvalue weighted by Crippen LogP contribution is -2.40. The first-order valence-electron chi connectivity index (χ1n) is 10.9. The van der Waals surface area contributed by atoms with Crippen LogP contribution in [0.3, 0.4) is 0 Å². The fourth-order valence-electron chi connectivity index (χ4n) is 4.02. The van der Waals surface area contributed by atoms with Gasteiger partial charge in [0.25, 0.3) is 0 Å². The molecule has 1 fully saturated rings. The summed E-state index contributed by atoms with van der Waals surface area (Å²) in [5.74, 6) is 2.11. The number of aromatic nitrogens is 2. The second-order valence-electron chi connectivity index (χ2n) is 8.04. The van der Waals surface area contributed by atoms with E-state index in [-0.39, 0.29) is 5.91 Å². The number of fused-ring (bicyclic) bond motifs is 1. The van der Waals surface area contributed by atoms with Gasteiger partial charge in [0, 0.05) is 30.9 Å². The van der Waals surface area contributed by atoms with E-state index in [4.69, 9.17) is 19.4 Å². The first-order chi connectivity index (χ1) is 15.7. The van der Waals surface area contributed by atoms with Crippen LogP contribution in [0.15, 0.2) is 41.8 Å². The molecule has 1 saturated heterocycles. The number of thiophene rings is 1. The van der Waals surface area contributed by atoms with Crippen LogP contribution in [0.5, 0.6) is 11.6 Å². The van der Waals surface area contributed by atoms with Crippen molar-refractivity contribution in [3.05, 3.63) is 63.5 Å². The van der Waals surface area contributed by atoms with Crippen molar-refractivity contribution in [2.45, 2.75) is 26.3 Å². The highest BCUT2D eigenvalue weighted by Gasteiger charge is 2.28. The smallest absolute Gasteiger partial charge is 0.229 e. The van der Waals surface area contributed by atoms with E-state index in [2.05, 4.69) is 4.90 Å². The van der Waals surface area contributed by atoms with Gasteiger partial charge in [-0.3, -0.25) is 4.79 Å². The van der Waals surface area contributed by atoms with Crippen LogP contribution in [0.4, 0.5) is 5.95 Å². The predicted molar refractivity (Wildman–Crippen MR) is 123 cm³/mol. The zero-order valence-corrected chi connectivity index (χ0v) is 18.9. The third kappa shape index (κ3) is 4.47. The van der Waals surface area contributed by atoms with Crippen LogP contribution in [0.2, 0.25) is 0 Å². The highest BCUT2D eigenvalue weighted by atomic mass is 32.1. The molecule has 4 heterocycles. The van der Waals surface area contributed by atoms with Crippen molar-refractivity contribution in [3.63, 3.8) is 0 Å². The lowest BCUT2D eigenvalue weighted by Gasteiger charge is -2.32. The molecule has 2 aromatic heterocycles. The standard InChI is InChI=1S/C24H26N4O3S/c1-17-5-2-3-7-21(17)31-23-19-16-28(22(29)15-18-6-4-14-32-18)9-8-20(19)25-24(26-23)27-10-12-30-13-11-27/h2-7,14H,8-13,15-16H2,1H3. The molecule has 1 amide bonds. The number of carbonyl (C=O) groups excluding carboxylic acids is 1. The van der Waals surface area contributed by atoms with Crippen molar-refractivity contribution in [1.29, 1.82) is 0 Å². The van der Waals surface area contributed by atoms with Crippen LogP contribution in [0.1, 0.15) is 21.7 Å². The molecule has 2 aliphatic rings. The minimum atomic E-state index is 0.122. The summed E-state index contributed by atoms with van der Waals surface area (Å²) in [6.45, 7) is 5.98. The van der Waals surface area contributed by atoms with Crippen LogP contribution in [0, 0.1) is 6.92 Å². The van der Waals surface area contributed by atoms with Gasteiger partial charge in [0.15, 0.2) is 0 Å². The van der Waals surface area contributed by atoms with Gasteiger partial charge in [0.1, 0.15) is 5.75 Å². The summed E-state index contributed by atoms with van der Waals surface area (Å²) in [5, 5.41) is 2.00. The average molecular weight is 451 g/mol. The average Bonchev–Trinajstić information content (AvgIpc) is 3.34. The quantitative estimate of drug-likeness (QED) is 0.592. The number of carbonyl (C=O) groups is 1. The molecule has 0 saturated carbocycles. The maximum atomic E-state index is 12.9. The van der Waals surface area contributed by atoms with Gasteiger partial charge in [-0.2, -0.15) is 4.98 Å². The summed E-state index contributed by atoms with van der Waals surface area (Å²) in [4.78, 5) is 27.7. The number of benzene rings is 1. The fourth-order valence-corrected chi connectivity index (χ4v) is 4.72. The van der Waals surface area contributed by atoms with Gasteiger partial charge in [-0.15, -0.1) is 11.3 Å². The molecule has 1 aromatic carbocycles. The Hall–Kier alpha value is -2.97. The van der Waals surface area contributed by atoms with E-state index >= 15 is 0 Å².